The van der Waals surface area contributed by atoms with E-state index in [9.17, 15) is 0 Å². The minimum atomic E-state index is 0.453. The van der Waals surface area contributed by atoms with Crippen LogP contribution in [0.5, 0.6) is 0 Å². The smallest absolute Gasteiger partial charge is 0.0708 e. The molecule has 2 aromatic rings. The Balaban J connectivity index is 2.24. The zero-order valence-electron chi connectivity index (χ0n) is 11.1. The first-order valence-electron chi connectivity index (χ1n) is 6.40. The van der Waals surface area contributed by atoms with Gasteiger partial charge in [0.15, 0.2) is 0 Å². The Bertz CT molecular complexity index is 546. The third-order valence-corrected chi connectivity index (χ3v) is 3.09. The molecule has 0 fully saturated rings. The average Bonchev–Trinajstić information content (AvgIpc) is 2.36. The highest BCUT2D eigenvalue weighted by Crippen LogP contribution is 2.18. The summed E-state index contributed by atoms with van der Waals surface area (Å²) in [6, 6.07) is 10.9. The Morgan fingerprint density at radius 3 is 2.94 bits per heavy atom. The Kier molecular flexibility index (Phi) is 4.11. The molecule has 2 rings (SSSR count). The number of aryl methyl sites for hydroxylation is 1. The molecule has 0 bridgehead atoms. The maximum Gasteiger partial charge on any atom is 0.0708 e. The van der Waals surface area contributed by atoms with E-state index in [2.05, 4.69) is 48.1 Å². The molecule has 0 aliphatic rings. The van der Waals surface area contributed by atoms with Crippen molar-refractivity contribution in [2.24, 2.45) is 0 Å². The number of hydrogen-bond donors (Lipinski definition) is 1. The highest BCUT2D eigenvalue weighted by Gasteiger charge is 2.05. The molecule has 2 nitrogen and oxygen atoms in total. The van der Waals surface area contributed by atoms with Crippen molar-refractivity contribution in [3.8, 4) is 0 Å². The van der Waals surface area contributed by atoms with Crippen molar-refractivity contribution in [3.63, 3.8) is 0 Å². The van der Waals surface area contributed by atoms with Crippen molar-refractivity contribution in [2.45, 2.75) is 32.9 Å². The van der Waals surface area contributed by atoms with Crippen LogP contribution in [-0.4, -0.2) is 11.0 Å². The van der Waals surface area contributed by atoms with Crippen LogP contribution in [0.1, 0.15) is 24.6 Å². The van der Waals surface area contributed by atoms with Crippen molar-refractivity contribution < 1.29 is 0 Å². The summed E-state index contributed by atoms with van der Waals surface area (Å²) >= 11 is 0. The molecule has 1 atom stereocenters. The van der Waals surface area contributed by atoms with E-state index >= 15 is 0 Å². The summed E-state index contributed by atoms with van der Waals surface area (Å²) in [7, 11) is 0. The van der Waals surface area contributed by atoms with Crippen LogP contribution in [0, 0.1) is 6.92 Å². The highest BCUT2D eigenvalue weighted by molar-refractivity contribution is 5.82. The van der Waals surface area contributed by atoms with Gasteiger partial charge in [-0.05, 0) is 38.0 Å². The number of aromatic nitrogens is 1. The maximum absolute atomic E-state index is 4.56. The van der Waals surface area contributed by atoms with Crippen LogP contribution in [0.2, 0.25) is 0 Å². The Hall–Kier alpha value is -1.67. The molecule has 94 valence electrons. The van der Waals surface area contributed by atoms with Gasteiger partial charge in [-0.25, -0.2) is 0 Å². The lowest BCUT2D eigenvalue weighted by atomic mass is 10.1. The van der Waals surface area contributed by atoms with Crippen LogP contribution in [0.25, 0.3) is 10.9 Å². The quantitative estimate of drug-likeness (QED) is 0.808. The first-order valence-corrected chi connectivity index (χ1v) is 6.40. The fourth-order valence-electron chi connectivity index (χ4n) is 2.16. The second kappa shape index (κ2) is 5.78. The molecule has 1 heterocycles. The number of nitrogens with one attached hydrogen (secondary N) is 1. The van der Waals surface area contributed by atoms with Gasteiger partial charge in [-0.3, -0.25) is 4.98 Å². The lowest BCUT2D eigenvalue weighted by Gasteiger charge is -2.13. The summed E-state index contributed by atoms with van der Waals surface area (Å²) in [6.45, 7) is 8.87. The third-order valence-electron chi connectivity index (χ3n) is 3.09. The van der Waals surface area contributed by atoms with Gasteiger partial charge in [-0.2, -0.15) is 0 Å². The van der Waals surface area contributed by atoms with E-state index in [0.29, 0.717) is 6.04 Å². The van der Waals surface area contributed by atoms with Crippen molar-refractivity contribution in [1.82, 2.24) is 10.3 Å². The summed E-state index contributed by atoms with van der Waals surface area (Å²) in [5.74, 6) is 0. The number of nitrogens with zero attached hydrogens (tertiary/aromatic N) is 1. The van der Waals surface area contributed by atoms with Crippen molar-refractivity contribution in [2.75, 3.05) is 0 Å². The van der Waals surface area contributed by atoms with Gasteiger partial charge >= 0.3 is 0 Å². The Labute approximate surface area is 109 Å². The van der Waals surface area contributed by atoms with Gasteiger partial charge in [0.2, 0.25) is 0 Å². The molecule has 1 aromatic heterocycles. The second-order valence-electron chi connectivity index (χ2n) is 4.75. The summed E-state index contributed by atoms with van der Waals surface area (Å²) in [6.07, 6.45) is 2.94. The van der Waals surface area contributed by atoms with Gasteiger partial charge < -0.3 is 5.32 Å². The number of pyridine rings is 1. The van der Waals surface area contributed by atoms with Gasteiger partial charge in [0.25, 0.3) is 0 Å². The molecule has 1 aromatic carbocycles. The summed E-state index contributed by atoms with van der Waals surface area (Å²) < 4.78 is 0. The van der Waals surface area contributed by atoms with E-state index in [-0.39, 0.29) is 0 Å². The van der Waals surface area contributed by atoms with E-state index in [4.69, 9.17) is 0 Å². The molecule has 0 amide bonds. The zero-order valence-corrected chi connectivity index (χ0v) is 11.1. The summed E-state index contributed by atoms with van der Waals surface area (Å²) in [5, 5.41) is 4.76. The molecule has 18 heavy (non-hydrogen) atoms. The first-order chi connectivity index (χ1) is 8.70. The largest absolute Gasteiger partial charge is 0.310 e. The molecule has 1 N–H and O–H groups in total. The molecular weight excluding hydrogens is 220 g/mol. The molecule has 0 spiro atoms. The van der Waals surface area contributed by atoms with Gasteiger partial charge in [0.05, 0.1) is 5.52 Å². The van der Waals surface area contributed by atoms with Crippen LogP contribution in [0.15, 0.2) is 43.0 Å². The third kappa shape index (κ3) is 2.96. The maximum atomic E-state index is 4.56. The number of benzene rings is 1. The van der Waals surface area contributed by atoms with Crippen molar-refractivity contribution >= 4 is 10.9 Å². The minimum absolute atomic E-state index is 0.453. The van der Waals surface area contributed by atoms with Crippen molar-refractivity contribution in [1.29, 1.82) is 0 Å². The molecule has 0 aliphatic carbocycles. The van der Waals surface area contributed by atoms with Gasteiger partial charge in [0, 0.05) is 23.7 Å². The molecule has 1 unspecified atom stereocenters. The van der Waals surface area contributed by atoms with Gasteiger partial charge in [0.1, 0.15) is 0 Å². The molecule has 0 aliphatic heterocycles. The topological polar surface area (TPSA) is 24.9 Å². The fourth-order valence-corrected chi connectivity index (χ4v) is 2.16. The predicted molar refractivity (Wildman–Crippen MR) is 77.6 cm³/mol. The Morgan fingerprint density at radius 1 is 1.39 bits per heavy atom. The van der Waals surface area contributed by atoms with Crippen LogP contribution in [0.3, 0.4) is 0 Å². The van der Waals surface area contributed by atoms with Crippen LogP contribution in [-0.2, 0) is 6.54 Å². The number of rotatable bonds is 5. The van der Waals surface area contributed by atoms with Crippen molar-refractivity contribution in [3.05, 3.63) is 54.2 Å². The van der Waals surface area contributed by atoms with E-state index in [0.717, 1.165) is 24.2 Å². The van der Waals surface area contributed by atoms with E-state index in [1.54, 1.807) is 0 Å². The summed E-state index contributed by atoms with van der Waals surface area (Å²) in [4.78, 5) is 4.56. The molecule has 0 saturated heterocycles. The van der Waals surface area contributed by atoms with Crippen LogP contribution in [0.4, 0.5) is 0 Å². The molecule has 2 heteroatoms. The average molecular weight is 240 g/mol. The summed E-state index contributed by atoms with van der Waals surface area (Å²) in [5.41, 5.74) is 3.46. The van der Waals surface area contributed by atoms with Gasteiger partial charge in [-0.1, -0.05) is 24.3 Å². The van der Waals surface area contributed by atoms with E-state index in [1.165, 1.54) is 10.9 Å². The first kappa shape index (κ1) is 12.8. The lowest BCUT2D eigenvalue weighted by molar-refractivity contribution is 0.555. The fraction of sp³-hybridized carbons (Fsp3) is 0.312. The number of hydrogen-bond acceptors (Lipinski definition) is 2. The number of para-hydroxylation sites is 1. The molecule has 0 saturated carbocycles. The standard InChI is InChI=1S/C16H20N2/c1-4-7-12(2)17-11-14-10-13(3)18-16-9-6-5-8-15(14)16/h4-6,8-10,12,17H,1,7,11H2,2-3H3. The molecular formula is C16H20N2. The zero-order chi connectivity index (χ0) is 13.0. The predicted octanol–water partition coefficient (Wildman–Crippen LogP) is 3.60. The Morgan fingerprint density at radius 2 is 2.17 bits per heavy atom. The SMILES string of the molecule is C=CCC(C)NCc1cc(C)nc2ccccc12. The monoisotopic (exact) mass is 240 g/mol. The van der Waals surface area contributed by atoms with E-state index in [1.807, 2.05) is 19.1 Å². The second-order valence-corrected chi connectivity index (χ2v) is 4.75. The van der Waals surface area contributed by atoms with E-state index < -0.39 is 0 Å². The lowest BCUT2D eigenvalue weighted by Crippen LogP contribution is -2.24. The van der Waals surface area contributed by atoms with Crippen LogP contribution >= 0.6 is 0 Å². The highest BCUT2D eigenvalue weighted by atomic mass is 14.9. The normalized spacial score (nSPS) is 12.6. The minimum Gasteiger partial charge on any atom is -0.310 e. The molecule has 0 radical (unpaired) electrons. The van der Waals surface area contributed by atoms with Gasteiger partial charge in [-0.15, -0.1) is 6.58 Å². The number of fused-ring (bicyclic) bond motifs is 1. The van der Waals surface area contributed by atoms with Crippen LogP contribution < -0.4 is 5.32 Å².